The van der Waals surface area contributed by atoms with E-state index >= 15 is 0 Å². The second kappa shape index (κ2) is 5.01. The van der Waals surface area contributed by atoms with E-state index in [1.165, 1.54) is 19.3 Å². The Labute approximate surface area is 108 Å². The highest BCUT2D eigenvalue weighted by Gasteiger charge is 2.25. The topological polar surface area (TPSA) is 78.0 Å². The Balaban J connectivity index is 2.25. The third kappa shape index (κ3) is 2.75. The zero-order valence-electron chi connectivity index (χ0n) is 11.0. The standard InChI is InChI=1S/C12H21N3O2S/c1-3-10-5-4-6-11(7-10)15-8-12(14-9(15)2)18(13,16)17/h8,10-11H,3-7H2,1-2H3,(H2,13,16,17). The fourth-order valence-corrected chi connectivity index (χ4v) is 3.37. The van der Waals surface area contributed by atoms with Crippen molar-refractivity contribution in [2.75, 3.05) is 0 Å². The molecule has 5 nitrogen and oxygen atoms in total. The summed E-state index contributed by atoms with van der Waals surface area (Å²) in [6.45, 7) is 4.05. The van der Waals surface area contributed by atoms with E-state index in [1.54, 1.807) is 6.20 Å². The number of rotatable bonds is 3. The van der Waals surface area contributed by atoms with Crippen LogP contribution in [-0.4, -0.2) is 18.0 Å². The van der Waals surface area contributed by atoms with Crippen LogP contribution in [0.1, 0.15) is 50.9 Å². The zero-order valence-corrected chi connectivity index (χ0v) is 11.8. The number of imidazole rings is 1. The molecule has 6 heteroatoms. The van der Waals surface area contributed by atoms with Crippen molar-refractivity contribution in [1.82, 2.24) is 9.55 Å². The Kier molecular flexibility index (Phi) is 3.77. The van der Waals surface area contributed by atoms with Gasteiger partial charge in [-0.2, -0.15) is 0 Å². The summed E-state index contributed by atoms with van der Waals surface area (Å²) in [5.74, 6) is 1.48. The monoisotopic (exact) mass is 271 g/mol. The summed E-state index contributed by atoms with van der Waals surface area (Å²) in [4.78, 5) is 4.06. The number of sulfonamides is 1. The maximum Gasteiger partial charge on any atom is 0.257 e. The van der Waals surface area contributed by atoms with Crippen molar-refractivity contribution in [2.24, 2.45) is 11.1 Å². The summed E-state index contributed by atoms with van der Waals surface area (Å²) < 4.78 is 24.6. The molecule has 1 fully saturated rings. The first-order valence-electron chi connectivity index (χ1n) is 6.50. The van der Waals surface area contributed by atoms with Crippen molar-refractivity contribution in [3.8, 4) is 0 Å². The minimum Gasteiger partial charge on any atom is -0.331 e. The van der Waals surface area contributed by atoms with E-state index in [2.05, 4.69) is 11.9 Å². The van der Waals surface area contributed by atoms with Gasteiger partial charge in [-0.1, -0.05) is 26.2 Å². The molecule has 1 aromatic heterocycles. The number of hydrogen-bond donors (Lipinski definition) is 1. The van der Waals surface area contributed by atoms with E-state index in [4.69, 9.17) is 5.14 Å². The molecule has 1 aromatic rings. The van der Waals surface area contributed by atoms with Gasteiger partial charge in [-0.15, -0.1) is 0 Å². The molecule has 0 radical (unpaired) electrons. The van der Waals surface area contributed by atoms with Crippen LogP contribution in [0.15, 0.2) is 11.2 Å². The third-order valence-electron chi connectivity index (χ3n) is 3.91. The van der Waals surface area contributed by atoms with Crippen molar-refractivity contribution < 1.29 is 8.42 Å². The number of aryl methyl sites for hydroxylation is 1. The molecule has 2 atom stereocenters. The van der Waals surface area contributed by atoms with Crippen LogP contribution in [0, 0.1) is 12.8 Å². The molecule has 0 spiro atoms. The molecule has 18 heavy (non-hydrogen) atoms. The van der Waals surface area contributed by atoms with Gasteiger partial charge in [0.2, 0.25) is 0 Å². The molecule has 1 saturated carbocycles. The maximum atomic E-state index is 11.3. The van der Waals surface area contributed by atoms with Gasteiger partial charge in [0.25, 0.3) is 10.0 Å². The predicted octanol–water partition coefficient (Wildman–Crippen LogP) is 1.98. The van der Waals surface area contributed by atoms with Gasteiger partial charge < -0.3 is 4.57 Å². The number of nitrogens with zero attached hydrogens (tertiary/aromatic N) is 2. The predicted molar refractivity (Wildman–Crippen MR) is 69.6 cm³/mol. The first-order chi connectivity index (χ1) is 8.41. The fraction of sp³-hybridized carbons (Fsp3) is 0.750. The molecule has 0 aromatic carbocycles. The van der Waals surface area contributed by atoms with Crippen LogP contribution in [0.3, 0.4) is 0 Å². The molecule has 2 N–H and O–H groups in total. The lowest BCUT2D eigenvalue weighted by Crippen LogP contribution is -2.19. The highest BCUT2D eigenvalue weighted by Crippen LogP contribution is 2.35. The highest BCUT2D eigenvalue weighted by molar-refractivity contribution is 7.89. The summed E-state index contributed by atoms with van der Waals surface area (Å²) in [6.07, 6.45) is 7.46. The molecule has 1 aliphatic carbocycles. The van der Waals surface area contributed by atoms with Crippen LogP contribution in [0.2, 0.25) is 0 Å². The van der Waals surface area contributed by atoms with Crippen molar-refractivity contribution >= 4 is 10.0 Å². The van der Waals surface area contributed by atoms with Crippen molar-refractivity contribution in [3.05, 3.63) is 12.0 Å². The van der Waals surface area contributed by atoms with Crippen molar-refractivity contribution in [2.45, 2.75) is 57.0 Å². The third-order valence-corrected chi connectivity index (χ3v) is 4.69. The second-order valence-electron chi connectivity index (χ2n) is 5.17. The summed E-state index contributed by atoms with van der Waals surface area (Å²) in [7, 11) is -3.69. The molecular formula is C12H21N3O2S. The molecule has 0 bridgehead atoms. The molecule has 0 saturated heterocycles. The van der Waals surface area contributed by atoms with E-state index in [1.807, 2.05) is 11.5 Å². The van der Waals surface area contributed by atoms with Gasteiger partial charge in [-0.05, 0) is 25.7 Å². The molecule has 1 aliphatic rings. The fourth-order valence-electron chi connectivity index (χ4n) is 2.85. The van der Waals surface area contributed by atoms with Crippen LogP contribution >= 0.6 is 0 Å². The SMILES string of the molecule is CCC1CCCC(n2cc(S(N)(=O)=O)nc2C)C1. The maximum absolute atomic E-state index is 11.3. The quantitative estimate of drug-likeness (QED) is 0.913. The average molecular weight is 271 g/mol. The lowest BCUT2D eigenvalue weighted by Gasteiger charge is -2.30. The lowest BCUT2D eigenvalue weighted by molar-refractivity contribution is 0.258. The Morgan fingerprint density at radius 2 is 2.22 bits per heavy atom. The van der Waals surface area contributed by atoms with E-state index in [9.17, 15) is 8.42 Å². The lowest BCUT2D eigenvalue weighted by atomic mass is 9.84. The molecule has 2 unspecified atom stereocenters. The Morgan fingerprint density at radius 1 is 1.50 bits per heavy atom. The molecule has 0 aliphatic heterocycles. The van der Waals surface area contributed by atoms with Crippen LogP contribution < -0.4 is 5.14 Å². The number of nitrogens with two attached hydrogens (primary N) is 1. The van der Waals surface area contributed by atoms with Gasteiger partial charge in [0.1, 0.15) is 5.82 Å². The van der Waals surface area contributed by atoms with Crippen molar-refractivity contribution in [3.63, 3.8) is 0 Å². The molecule has 1 heterocycles. The van der Waals surface area contributed by atoms with E-state index in [0.717, 1.165) is 24.6 Å². The molecule has 0 amide bonds. The molecule has 102 valence electrons. The van der Waals surface area contributed by atoms with Crippen LogP contribution in [0.4, 0.5) is 0 Å². The molecule has 2 rings (SSSR count). The Bertz CT molecular complexity index is 521. The van der Waals surface area contributed by atoms with E-state index in [0.29, 0.717) is 6.04 Å². The zero-order chi connectivity index (χ0) is 13.3. The smallest absolute Gasteiger partial charge is 0.257 e. The van der Waals surface area contributed by atoms with Crippen molar-refractivity contribution in [1.29, 1.82) is 0 Å². The Morgan fingerprint density at radius 3 is 2.78 bits per heavy atom. The number of primary sulfonamides is 1. The minimum absolute atomic E-state index is 0.0152. The normalized spacial score (nSPS) is 25.3. The van der Waals surface area contributed by atoms with Crippen LogP contribution in [0.25, 0.3) is 0 Å². The van der Waals surface area contributed by atoms with Gasteiger partial charge in [0, 0.05) is 12.2 Å². The van der Waals surface area contributed by atoms with Gasteiger partial charge in [0.05, 0.1) is 0 Å². The number of aromatic nitrogens is 2. The highest BCUT2D eigenvalue weighted by atomic mass is 32.2. The first-order valence-corrected chi connectivity index (χ1v) is 8.04. The molecular weight excluding hydrogens is 250 g/mol. The minimum atomic E-state index is -3.69. The van der Waals surface area contributed by atoms with Gasteiger partial charge in [-0.3, -0.25) is 0 Å². The van der Waals surface area contributed by atoms with E-state index < -0.39 is 10.0 Å². The van der Waals surface area contributed by atoms with Gasteiger partial charge in [0.15, 0.2) is 5.03 Å². The largest absolute Gasteiger partial charge is 0.331 e. The van der Waals surface area contributed by atoms with E-state index in [-0.39, 0.29) is 5.03 Å². The van der Waals surface area contributed by atoms with Gasteiger partial charge in [-0.25, -0.2) is 18.5 Å². The second-order valence-corrected chi connectivity index (χ2v) is 6.68. The van der Waals surface area contributed by atoms with Crippen LogP contribution in [0.5, 0.6) is 0 Å². The van der Waals surface area contributed by atoms with Gasteiger partial charge >= 0.3 is 0 Å². The summed E-state index contributed by atoms with van der Waals surface area (Å²) in [5, 5.41) is 5.10. The summed E-state index contributed by atoms with van der Waals surface area (Å²) in [6, 6.07) is 0.367. The van der Waals surface area contributed by atoms with Crippen LogP contribution in [-0.2, 0) is 10.0 Å². The summed E-state index contributed by atoms with van der Waals surface area (Å²) in [5.41, 5.74) is 0. The Hall–Kier alpha value is -0.880. The summed E-state index contributed by atoms with van der Waals surface area (Å²) >= 11 is 0. The first kappa shape index (κ1) is 13.5. The number of hydrogen-bond acceptors (Lipinski definition) is 3. The average Bonchev–Trinajstić information content (AvgIpc) is 2.71.